The molecule has 0 atom stereocenters. The van der Waals surface area contributed by atoms with Crippen LogP contribution in [0.15, 0.2) is 52.5 Å². The molecule has 24 heavy (non-hydrogen) atoms. The zero-order valence-corrected chi connectivity index (χ0v) is 14.8. The molecule has 1 aromatic heterocycles. The number of carbonyl (C=O) groups excluding carboxylic acids is 1. The van der Waals surface area contributed by atoms with Crippen molar-refractivity contribution in [3.8, 4) is 5.75 Å². The monoisotopic (exact) mass is 381 g/mol. The molecule has 3 aromatic rings. The molecule has 0 unspecified atom stereocenters. The van der Waals surface area contributed by atoms with Crippen molar-refractivity contribution < 1.29 is 9.53 Å². The van der Waals surface area contributed by atoms with Gasteiger partial charge in [-0.25, -0.2) is 0 Å². The fraction of sp³-hybridized carbons (Fsp3) is 0.150. The van der Waals surface area contributed by atoms with E-state index >= 15 is 0 Å². The van der Waals surface area contributed by atoms with Crippen LogP contribution >= 0.6 is 15.9 Å². The number of Topliss-reactive ketones (excluding diaryl/α,β-unsaturated/α-hetero) is 1. The molecule has 0 spiro atoms. The molecule has 3 nitrogen and oxygen atoms in total. The predicted molar refractivity (Wildman–Crippen MR) is 99.6 cm³/mol. The number of methoxy groups -OCH3 is 1. The highest BCUT2D eigenvalue weighted by atomic mass is 79.9. The number of fused-ring (bicyclic) bond motifs is 3. The first-order valence-corrected chi connectivity index (χ1v) is 8.64. The number of aryl methyl sites for hydroxylation is 1. The summed E-state index contributed by atoms with van der Waals surface area (Å²) in [6, 6.07) is 13.8. The van der Waals surface area contributed by atoms with Crippen LogP contribution in [0.4, 0.5) is 0 Å². The van der Waals surface area contributed by atoms with E-state index in [0.717, 1.165) is 56.4 Å². The van der Waals surface area contributed by atoms with Gasteiger partial charge in [0.25, 0.3) is 0 Å². The van der Waals surface area contributed by atoms with E-state index in [9.17, 15) is 4.79 Å². The molecule has 0 fully saturated rings. The quantitative estimate of drug-likeness (QED) is 0.623. The molecule has 120 valence electrons. The van der Waals surface area contributed by atoms with Crippen LogP contribution < -0.4 is 4.74 Å². The smallest absolute Gasteiger partial charge is 0.205 e. The van der Waals surface area contributed by atoms with Gasteiger partial charge in [0.2, 0.25) is 5.78 Å². The highest BCUT2D eigenvalue weighted by Gasteiger charge is 2.25. The summed E-state index contributed by atoms with van der Waals surface area (Å²) in [5.41, 5.74) is 4.74. The molecule has 1 aliphatic rings. The van der Waals surface area contributed by atoms with Crippen molar-refractivity contribution in [1.29, 1.82) is 0 Å². The number of allylic oxidation sites excluding steroid dienone is 1. The number of rotatable bonds is 2. The molecule has 0 amide bonds. The molecule has 0 radical (unpaired) electrons. The largest absolute Gasteiger partial charge is 0.497 e. The maximum atomic E-state index is 12.9. The number of H-pyrrole nitrogens is 1. The van der Waals surface area contributed by atoms with Gasteiger partial charge in [0.05, 0.1) is 12.8 Å². The zero-order valence-electron chi connectivity index (χ0n) is 13.2. The number of carbonyl (C=O) groups is 1. The molecular formula is C20H16BrNO2. The Balaban J connectivity index is 1.73. The van der Waals surface area contributed by atoms with E-state index in [0.29, 0.717) is 0 Å². The summed E-state index contributed by atoms with van der Waals surface area (Å²) in [5.74, 6) is 0.912. The summed E-state index contributed by atoms with van der Waals surface area (Å²) in [6.07, 6.45) is 3.61. The van der Waals surface area contributed by atoms with Crippen LogP contribution in [0.2, 0.25) is 0 Å². The number of ether oxygens (including phenoxy) is 1. The molecule has 0 aliphatic heterocycles. The van der Waals surface area contributed by atoms with Crippen molar-refractivity contribution in [3.63, 3.8) is 0 Å². The minimum absolute atomic E-state index is 0.0967. The summed E-state index contributed by atoms with van der Waals surface area (Å²) in [6.45, 7) is 0. The number of benzene rings is 2. The molecule has 4 heteroatoms. The molecule has 2 aromatic carbocycles. The number of hydrogen-bond donors (Lipinski definition) is 1. The lowest BCUT2D eigenvalue weighted by Crippen LogP contribution is -2.13. The third kappa shape index (κ3) is 2.57. The Morgan fingerprint density at radius 1 is 1.12 bits per heavy atom. The van der Waals surface area contributed by atoms with Gasteiger partial charge in [-0.3, -0.25) is 4.79 Å². The first-order valence-electron chi connectivity index (χ1n) is 7.85. The van der Waals surface area contributed by atoms with Crippen molar-refractivity contribution in [2.45, 2.75) is 12.8 Å². The SMILES string of the molecule is COc1ccc(/C=C2\CCc3c([nH]c4ccc(Br)cc34)C2=O)cc1. The molecule has 0 saturated carbocycles. The fourth-order valence-electron chi connectivity index (χ4n) is 3.25. The number of ketones is 1. The maximum Gasteiger partial charge on any atom is 0.205 e. The summed E-state index contributed by atoms with van der Waals surface area (Å²) < 4.78 is 6.20. The lowest BCUT2D eigenvalue weighted by molar-refractivity contribution is 0.102. The van der Waals surface area contributed by atoms with Crippen LogP contribution in [-0.2, 0) is 6.42 Å². The van der Waals surface area contributed by atoms with E-state index < -0.39 is 0 Å². The van der Waals surface area contributed by atoms with Gasteiger partial charge in [0.15, 0.2) is 0 Å². The van der Waals surface area contributed by atoms with Crippen LogP contribution in [0.25, 0.3) is 17.0 Å². The third-order valence-corrected chi connectivity index (χ3v) is 4.98. The Labute approximate surface area is 148 Å². The van der Waals surface area contributed by atoms with Gasteiger partial charge >= 0.3 is 0 Å². The van der Waals surface area contributed by atoms with Crippen molar-refractivity contribution >= 4 is 38.7 Å². The lowest BCUT2D eigenvalue weighted by Gasteiger charge is -2.14. The number of halogens is 1. The molecular weight excluding hydrogens is 366 g/mol. The second kappa shape index (κ2) is 5.95. The number of nitrogens with one attached hydrogen (secondary N) is 1. The molecule has 1 N–H and O–H groups in total. The molecule has 4 rings (SSSR count). The topological polar surface area (TPSA) is 42.1 Å². The molecule has 1 aliphatic carbocycles. The highest BCUT2D eigenvalue weighted by Crippen LogP contribution is 2.33. The van der Waals surface area contributed by atoms with Crippen LogP contribution in [0.1, 0.15) is 28.0 Å². The van der Waals surface area contributed by atoms with Crippen molar-refractivity contribution in [2.75, 3.05) is 7.11 Å². The van der Waals surface area contributed by atoms with Crippen LogP contribution in [0.5, 0.6) is 5.75 Å². The molecule has 1 heterocycles. The Morgan fingerprint density at radius 2 is 1.92 bits per heavy atom. The minimum Gasteiger partial charge on any atom is -0.497 e. The van der Waals surface area contributed by atoms with Crippen LogP contribution in [0, 0.1) is 0 Å². The van der Waals surface area contributed by atoms with Gasteiger partial charge in [-0.2, -0.15) is 0 Å². The first-order chi connectivity index (χ1) is 11.7. The van der Waals surface area contributed by atoms with Gasteiger partial charge in [-0.15, -0.1) is 0 Å². The number of hydrogen-bond acceptors (Lipinski definition) is 2. The Morgan fingerprint density at radius 3 is 2.67 bits per heavy atom. The van der Waals surface area contributed by atoms with Gasteiger partial charge in [0.1, 0.15) is 5.75 Å². The van der Waals surface area contributed by atoms with Crippen LogP contribution in [-0.4, -0.2) is 17.9 Å². The second-order valence-corrected chi connectivity index (χ2v) is 6.86. The van der Waals surface area contributed by atoms with Gasteiger partial charge in [0, 0.05) is 20.9 Å². The Hall–Kier alpha value is -2.33. The van der Waals surface area contributed by atoms with E-state index in [1.165, 1.54) is 0 Å². The third-order valence-electron chi connectivity index (χ3n) is 4.49. The molecule has 0 bridgehead atoms. The zero-order chi connectivity index (χ0) is 16.7. The normalized spacial score (nSPS) is 15.8. The van der Waals surface area contributed by atoms with Gasteiger partial charge in [-0.05, 0) is 60.4 Å². The maximum absolute atomic E-state index is 12.9. The average Bonchev–Trinajstić information content (AvgIpc) is 2.97. The van der Waals surface area contributed by atoms with E-state index in [2.05, 4.69) is 27.0 Å². The first kappa shape index (κ1) is 15.2. The minimum atomic E-state index is 0.0967. The van der Waals surface area contributed by atoms with Crippen LogP contribution in [0.3, 0.4) is 0 Å². The van der Waals surface area contributed by atoms with E-state index in [1.807, 2.05) is 42.5 Å². The van der Waals surface area contributed by atoms with E-state index in [4.69, 9.17) is 4.74 Å². The summed E-state index contributed by atoms with van der Waals surface area (Å²) in [7, 11) is 1.65. The lowest BCUT2D eigenvalue weighted by atomic mass is 9.89. The second-order valence-electron chi connectivity index (χ2n) is 5.94. The summed E-state index contributed by atoms with van der Waals surface area (Å²) >= 11 is 3.51. The summed E-state index contributed by atoms with van der Waals surface area (Å²) in [5, 5.41) is 1.14. The van der Waals surface area contributed by atoms with Gasteiger partial charge in [-0.1, -0.05) is 28.1 Å². The van der Waals surface area contributed by atoms with Gasteiger partial charge < -0.3 is 9.72 Å². The van der Waals surface area contributed by atoms with E-state index in [1.54, 1.807) is 7.11 Å². The molecule has 0 saturated heterocycles. The van der Waals surface area contributed by atoms with Crippen molar-refractivity contribution in [1.82, 2.24) is 4.98 Å². The number of aromatic amines is 1. The van der Waals surface area contributed by atoms with E-state index in [-0.39, 0.29) is 5.78 Å². The van der Waals surface area contributed by atoms with Crippen molar-refractivity contribution in [3.05, 3.63) is 69.3 Å². The standard InChI is InChI=1S/C20H16BrNO2/c1-24-15-6-2-12(3-7-15)10-13-4-8-16-17-11-14(21)5-9-18(17)22-19(16)20(13)23/h2-3,5-7,9-11,22H,4,8H2,1H3/b13-10+. The Bertz CT molecular complexity index is 967. The highest BCUT2D eigenvalue weighted by molar-refractivity contribution is 9.10. The summed E-state index contributed by atoms with van der Waals surface area (Å²) in [4.78, 5) is 16.2. The Kier molecular flexibility index (Phi) is 3.77. The van der Waals surface area contributed by atoms with Crippen molar-refractivity contribution in [2.24, 2.45) is 0 Å². The average molecular weight is 382 g/mol. The number of aromatic nitrogens is 1. The predicted octanol–water partition coefficient (Wildman–Crippen LogP) is 5.15. The fourth-order valence-corrected chi connectivity index (χ4v) is 3.61.